The van der Waals surface area contributed by atoms with Crippen LogP contribution in [-0.4, -0.2) is 60.3 Å². The molecule has 7 nitrogen and oxygen atoms in total. The first-order valence-corrected chi connectivity index (χ1v) is 5.08. The first-order chi connectivity index (χ1) is 7.64. The van der Waals surface area contributed by atoms with E-state index >= 15 is 0 Å². The van der Waals surface area contributed by atoms with Crippen molar-refractivity contribution < 1.29 is 14.8 Å². The molecule has 0 heterocycles. The molecule has 0 saturated carbocycles. The number of likely N-dealkylation sites (N-methyl/N-ethyl adjacent to an activating group) is 2. The Hall–Kier alpha value is -1.79. The Morgan fingerprint density at radius 2 is 1.76 bits per heavy atom. The minimum Gasteiger partial charge on any atom is -0.409 e. The maximum atomic E-state index is 12.0. The number of rotatable bonds is 4. The Morgan fingerprint density at radius 1 is 1.29 bits per heavy atom. The summed E-state index contributed by atoms with van der Waals surface area (Å²) in [5.41, 5.74) is 4.29. The molecule has 0 aromatic heterocycles. The fourth-order valence-electron chi connectivity index (χ4n) is 1.13. The van der Waals surface area contributed by atoms with E-state index < -0.39 is 5.41 Å². The molecule has 0 aliphatic carbocycles. The van der Waals surface area contributed by atoms with Crippen LogP contribution in [0.15, 0.2) is 5.16 Å². The van der Waals surface area contributed by atoms with Crippen molar-refractivity contribution in [1.29, 1.82) is 0 Å². The summed E-state index contributed by atoms with van der Waals surface area (Å²) in [6.07, 6.45) is 0. The highest BCUT2D eigenvalue weighted by Crippen LogP contribution is 2.18. The Labute approximate surface area is 101 Å². The molecule has 98 valence electrons. The van der Waals surface area contributed by atoms with Crippen LogP contribution in [0, 0.1) is 5.41 Å². The Bertz CT molecular complexity index is 336. The molecular weight excluding hydrogens is 224 g/mol. The van der Waals surface area contributed by atoms with E-state index in [-0.39, 0.29) is 24.2 Å². The normalized spacial score (nSPS) is 12.2. The van der Waals surface area contributed by atoms with Crippen molar-refractivity contribution in [1.82, 2.24) is 9.80 Å². The monoisotopic (exact) mass is 244 g/mol. The summed E-state index contributed by atoms with van der Waals surface area (Å²) in [6.45, 7) is 3.01. The Morgan fingerprint density at radius 3 is 2.12 bits per heavy atom. The van der Waals surface area contributed by atoms with E-state index in [9.17, 15) is 9.59 Å². The highest BCUT2D eigenvalue weighted by atomic mass is 16.4. The van der Waals surface area contributed by atoms with Gasteiger partial charge >= 0.3 is 0 Å². The lowest BCUT2D eigenvalue weighted by atomic mass is 9.90. The van der Waals surface area contributed by atoms with Crippen LogP contribution < -0.4 is 5.73 Å². The summed E-state index contributed by atoms with van der Waals surface area (Å²) in [5, 5.41) is 11.4. The first kappa shape index (κ1) is 15.2. The van der Waals surface area contributed by atoms with Crippen molar-refractivity contribution in [3.05, 3.63) is 0 Å². The highest BCUT2D eigenvalue weighted by Gasteiger charge is 2.35. The lowest BCUT2D eigenvalue weighted by Crippen LogP contribution is -2.49. The van der Waals surface area contributed by atoms with E-state index in [1.807, 2.05) is 0 Å². The van der Waals surface area contributed by atoms with Crippen LogP contribution in [0.2, 0.25) is 0 Å². The van der Waals surface area contributed by atoms with Crippen molar-refractivity contribution in [3.63, 3.8) is 0 Å². The van der Waals surface area contributed by atoms with Crippen molar-refractivity contribution in [3.8, 4) is 0 Å². The summed E-state index contributed by atoms with van der Waals surface area (Å²) >= 11 is 0. The van der Waals surface area contributed by atoms with Crippen molar-refractivity contribution in [2.24, 2.45) is 16.3 Å². The number of nitrogens with two attached hydrogens (primary N) is 1. The second kappa shape index (κ2) is 5.51. The molecule has 0 fully saturated rings. The lowest BCUT2D eigenvalue weighted by molar-refractivity contribution is -0.141. The molecule has 0 atom stereocenters. The minimum atomic E-state index is -1.14. The molecule has 7 heteroatoms. The zero-order valence-electron chi connectivity index (χ0n) is 10.9. The highest BCUT2D eigenvalue weighted by molar-refractivity contribution is 6.06. The number of amidine groups is 1. The number of hydrogen-bond acceptors (Lipinski definition) is 4. The third-order valence-corrected chi connectivity index (χ3v) is 2.50. The predicted octanol–water partition coefficient (Wildman–Crippen LogP) is -0.694. The first-order valence-electron chi connectivity index (χ1n) is 5.08. The van der Waals surface area contributed by atoms with Gasteiger partial charge in [0.2, 0.25) is 11.8 Å². The van der Waals surface area contributed by atoms with Gasteiger partial charge in [0.05, 0.1) is 6.54 Å². The van der Waals surface area contributed by atoms with Crippen LogP contribution in [0.25, 0.3) is 0 Å². The largest absolute Gasteiger partial charge is 0.409 e. The van der Waals surface area contributed by atoms with Gasteiger partial charge in [0.15, 0.2) is 5.84 Å². The molecule has 0 aromatic carbocycles. The van der Waals surface area contributed by atoms with Gasteiger partial charge in [-0.2, -0.15) is 0 Å². The second-order valence-electron chi connectivity index (χ2n) is 4.56. The fourth-order valence-corrected chi connectivity index (χ4v) is 1.13. The van der Waals surface area contributed by atoms with Gasteiger partial charge in [-0.3, -0.25) is 9.59 Å². The molecule has 0 saturated heterocycles. The van der Waals surface area contributed by atoms with Crippen molar-refractivity contribution in [2.45, 2.75) is 13.8 Å². The van der Waals surface area contributed by atoms with Crippen molar-refractivity contribution >= 4 is 17.6 Å². The van der Waals surface area contributed by atoms with Gasteiger partial charge in [-0.25, -0.2) is 0 Å². The summed E-state index contributed by atoms with van der Waals surface area (Å²) in [6, 6.07) is 0. The smallest absolute Gasteiger partial charge is 0.241 e. The molecular formula is C10H20N4O3. The van der Waals surface area contributed by atoms with Crippen molar-refractivity contribution in [2.75, 3.05) is 27.7 Å². The van der Waals surface area contributed by atoms with E-state index in [0.29, 0.717) is 0 Å². The van der Waals surface area contributed by atoms with Gasteiger partial charge < -0.3 is 20.7 Å². The van der Waals surface area contributed by atoms with E-state index in [1.165, 1.54) is 30.7 Å². The third kappa shape index (κ3) is 3.61. The summed E-state index contributed by atoms with van der Waals surface area (Å²) in [4.78, 5) is 26.1. The van der Waals surface area contributed by atoms with Gasteiger partial charge in [0.1, 0.15) is 5.41 Å². The molecule has 0 rings (SSSR count). The van der Waals surface area contributed by atoms with E-state index in [2.05, 4.69) is 5.16 Å². The molecule has 3 N–H and O–H groups in total. The van der Waals surface area contributed by atoms with E-state index in [0.717, 1.165) is 0 Å². The lowest BCUT2D eigenvalue weighted by Gasteiger charge is -2.28. The summed E-state index contributed by atoms with van der Waals surface area (Å²) < 4.78 is 0. The van der Waals surface area contributed by atoms with Crippen LogP contribution in [0.1, 0.15) is 13.8 Å². The van der Waals surface area contributed by atoms with Gasteiger partial charge in [0.25, 0.3) is 0 Å². The average molecular weight is 244 g/mol. The molecule has 2 amide bonds. The number of carbonyl (C=O) groups excluding carboxylic acids is 2. The molecule has 0 aromatic rings. The Kier molecular flexibility index (Phi) is 4.93. The zero-order valence-corrected chi connectivity index (χ0v) is 10.9. The topological polar surface area (TPSA) is 99.2 Å². The van der Waals surface area contributed by atoms with Gasteiger partial charge in [-0.1, -0.05) is 5.16 Å². The standard InChI is InChI=1S/C10H20N4O3/c1-10(2,8(11)12-17)9(16)14(5)6-7(15)13(3)4/h17H,6H2,1-5H3,(H2,11,12). The number of oxime groups is 1. The van der Waals surface area contributed by atoms with E-state index in [1.54, 1.807) is 14.1 Å². The maximum Gasteiger partial charge on any atom is 0.241 e. The van der Waals surface area contributed by atoms with Gasteiger partial charge in [-0.05, 0) is 13.8 Å². The quantitative estimate of drug-likeness (QED) is 0.296. The fraction of sp³-hybridized carbons (Fsp3) is 0.700. The van der Waals surface area contributed by atoms with Crippen LogP contribution >= 0.6 is 0 Å². The second-order valence-corrected chi connectivity index (χ2v) is 4.56. The van der Waals surface area contributed by atoms with Crippen LogP contribution in [-0.2, 0) is 9.59 Å². The molecule has 0 unspecified atom stereocenters. The summed E-state index contributed by atoms with van der Waals surface area (Å²) in [5.74, 6) is -0.772. The minimum absolute atomic E-state index is 0.0476. The zero-order chi connectivity index (χ0) is 13.8. The van der Waals surface area contributed by atoms with Gasteiger partial charge in [-0.15, -0.1) is 0 Å². The SMILES string of the molecule is CN(C)C(=O)CN(C)C(=O)C(C)(C)C(N)=NO. The molecule has 0 aliphatic rings. The summed E-state index contributed by atoms with van der Waals surface area (Å²) in [7, 11) is 4.71. The predicted molar refractivity (Wildman–Crippen MR) is 63.5 cm³/mol. The van der Waals surface area contributed by atoms with Crippen LogP contribution in [0.3, 0.4) is 0 Å². The molecule has 0 spiro atoms. The number of amides is 2. The van der Waals surface area contributed by atoms with E-state index in [4.69, 9.17) is 10.9 Å². The van der Waals surface area contributed by atoms with Crippen LogP contribution in [0.4, 0.5) is 0 Å². The van der Waals surface area contributed by atoms with Gasteiger partial charge in [0, 0.05) is 21.1 Å². The van der Waals surface area contributed by atoms with Crippen LogP contribution in [0.5, 0.6) is 0 Å². The average Bonchev–Trinajstić information content (AvgIpc) is 2.26. The third-order valence-electron chi connectivity index (χ3n) is 2.50. The molecule has 0 radical (unpaired) electrons. The molecule has 0 aliphatic heterocycles. The molecule has 17 heavy (non-hydrogen) atoms. The maximum absolute atomic E-state index is 12.0. The number of hydrogen-bond donors (Lipinski definition) is 2. The molecule has 0 bridgehead atoms. The Balaban J connectivity index is 4.77. The number of nitrogens with zero attached hydrogens (tertiary/aromatic N) is 3. The number of carbonyl (C=O) groups is 2.